The second-order valence-corrected chi connectivity index (χ2v) is 9.01. The Morgan fingerprint density at radius 2 is 1.88 bits per heavy atom. The molecule has 0 saturated carbocycles. The van der Waals surface area contributed by atoms with Gasteiger partial charge in [-0.3, -0.25) is 4.79 Å². The van der Waals surface area contributed by atoms with Crippen LogP contribution in [0.15, 0.2) is 60.7 Å². The number of carbonyl (C=O) groups is 1. The number of nitrogens with one attached hydrogen (secondary N) is 2. The van der Waals surface area contributed by atoms with Crippen LogP contribution in [0.4, 0.5) is 5.69 Å². The fourth-order valence-electron chi connectivity index (χ4n) is 5.21. The second kappa shape index (κ2) is 8.64. The Labute approximate surface area is 188 Å². The van der Waals surface area contributed by atoms with Crippen LogP contribution in [-0.2, 0) is 24.3 Å². The lowest BCUT2D eigenvalue weighted by atomic mass is 10.0. The summed E-state index contributed by atoms with van der Waals surface area (Å²) in [5, 5.41) is 23.3. The summed E-state index contributed by atoms with van der Waals surface area (Å²) in [6, 6.07) is 19.4. The van der Waals surface area contributed by atoms with Crippen LogP contribution >= 0.6 is 0 Å². The third-order valence-corrected chi connectivity index (χ3v) is 6.98. The molecule has 4 N–H and O–H groups in total. The molecule has 2 atom stereocenters. The van der Waals surface area contributed by atoms with Crippen molar-refractivity contribution in [3.05, 3.63) is 82.6 Å². The van der Waals surface area contributed by atoms with Crippen molar-refractivity contribution in [3.8, 4) is 0 Å². The molecule has 2 aliphatic rings. The minimum atomic E-state index is -0.702. The van der Waals surface area contributed by atoms with Gasteiger partial charge >= 0.3 is 0 Å². The first kappa shape index (κ1) is 21.1. The average molecular weight is 431 g/mol. The van der Waals surface area contributed by atoms with Gasteiger partial charge in [0.05, 0.1) is 0 Å². The van der Waals surface area contributed by atoms with Crippen LogP contribution in [0, 0.1) is 5.21 Å². The maximum absolute atomic E-state index is 14.6. The van der Waals surface area contributed by atoms with E-state index in [1.807, 2.05) is 48.5 Å². The number of hydrogen-bond acceptors (Lipinski definition) is 4. The van der Waals surface area contributed by atoms with Crippen molar-refractivity contribution in [1.29, 1.82) is 0 Å². The van der Waals surface area contributed by atoms with Crippen LogP contribution in [0.25, 0.3) is 10.8 Å². The van der Waals surface area contributed by atoms with E-state index in [4.69, 9.17) is 5.73 Å². The number of hydroxylamine groups is 2. The van der Waals surface area contributed by atoms with Crippen LogP contribution in [0.1, 0.15) is 29.5 Å². The maximum atomic E-state index is 14.6. The molecule has 1 amide bonds. The standard InChI is InChI=1S/C26H30N4O2/c27-16-18-8-9-20-15-25(26(31)29-22-10-12-28-13-11-22)30(32,24(20)14-18)17-21-6-3-5-19-4-1-2-7-23(19)21/h1-9,14,22,25,28H,10-13,15-17,27H2,(H,29,31). The summed E-state index contributed by atoms with van der Waals surface area (Å²) in [5.41, 5.74) is 9.38. The van der Waals surface area contributed by atoms with E-state index in [1.54, 1.807) is 0 Å². The highest BCUT2D eigenvalue weighted by atomic mass is 16.6. The van der Waals surface area contributed by atoms with E-state index in [1.165, 1.54) is 0 Å². The van der Waals surface area contributed by atoms with Gasteiger partial charge in [-0.1, -0.05) is 54.6 Å². The lowest BCUT2D eigenvalue weighted by Crippen LogP contribution is -2.58. The Morgan fingerprint density at radius 1 is 1.09 bits per heavy atom. The first-order valence-electron chi connectivity index (χ1n) is 11.5. The van der Waals surface area contributed by atoms with Gasteiger partial charge in [-0.2, -0.15) is 0 Å². The molecule has 2 aliphatic heterocycles. The molecule has 2 heterocycles. The van der Waals surface area contributed by atoms with Crippen molar-refractivity contribution in [1.82, 2.24) is 15.3 Å². The van der Waals surface area contributed by atoms with Crippen LogP contribution < -0.4 is 21.0 Å². The third kappa shape index (κ3) is 3.80. The molecule has 6 nitrogen and oxygen atoms in total. The summed E-state index contributed by atoms with van der Waals surface area (Å²) in [5.74, 6) is -0.141. The van der Waals surface area contributed by atoms with E-state index < -0.39 is 10.7 Å². The van der Waals surface area contributed by atoms with E-state index in [0.29, 0.717) is 18.7 Å². The molecule has 0 bridgehead atoms. The van der Waals surface area contributed by atoms with E-state index in [9.17, 15) is 10.0 Å². The molecule has 6 heteroatoms. The lowest BCUT2D eigenvalue weighted by molar-refractivity contribution is -0.125. The van der Waals surface area contributed by atoms with Gasteiger partial charge in [0, 0.05) is 36.2 Å². The molecule has 0 radical (unpaired) electrons. The summed E-state index contributed by atoms with van der Waals surface area (Å²) in [6.45, 7) is 2.37. The van der Waals surface area contributed by atoms with Gasteiger partial charge in [0.2, 0.25) is 0 Å². The topological polar surface area (TPSA) is 90.2 Å². The van der Waals surface area contributed by atoms with E-state index >= 15 is 0 Å². The Morgan fingerprint density at radius 3 is 2.69 bits per heavy atom. The molecule has 0 aromatic heterocycles. The van der Waals surface area contributed by atoms with Crippen molar-refractivity contribution in [2.45, 2.75) is 44.4 Å². The van der Waals surface area contributed by atoms with Gasteiger partial charge in [0.1, 0.15) is 12.2 Å². The molecule has 2 unspecified atom stereocenters. The smallest absolute Gasteiger partial charge is 0.279 e. The molecular formula is C26H30N4O2. The van der Waals surface area contributed by atoms with E-state index in [0.717, 1.165) is 53.4 Å². The summed E-state index contributed by atoms with van der Waals surface area (Å²) < 4.78 is -0.673. The molecule has 5 rings (SSSR count). The summed E-state index contributed by atoms with van der Waals surface area (Å²) in [7, 11) is 0. The van der Waals surface area contributed by atoms with Gasteiger partial charge in [-0.15, -0.1) is 0 Å². The molecule has 1 fully saturated rings. The number of carbonyl (C=O) groups excluding carboxylic acids is 1. The zero-order chi connectivity index (χ0) is 22.1. The molecular weight excluding hydrogens is 400 g/mol. The number of hydrogen-bond donors (Lipinski definition) is 3. The van der Waals surface area contributed by atoms with Gasteiger partial charge in [-0.05, 0) is 42.3 Å². The quantitative estimate of drug-likeness (QED) is 0.429. The Hall–Kier alpha value is -2.77. The SMILES string of the molecule is NCc1ccc2c(c1)[N+]([O-])(Cc1cccc3ccccc13)C(C(=O)NC1CCNCC1)C2. The van der Waals surface area contributed by atoms with Gasteiger partial charge in [0.15, 0.2) is 6.04 Å². The van der Waals surface area contributed by atoms with Crippen molar-refractivity contribution >= 4 is 22.4 Å². The molecule has 3 aromatic rings. The number of fused-ring (bicyclic) bond motifs is 2. The number of benzene rings is 3. The lowest BCUT2D eigenvalue weighted by Gasteiger charge is -2.44. The summed E-state index contributed by atoms with van der Waals surface area (Å²) in [4.78, 5) is 13.4. The van der Waals surface area contributed by atoms with Gasteiger partial charge in [0.25, 0.3) is 5.91 Å². The number of quaternary nitrogens is 1. The van der Waals surface area contributed by atoms with Gasteiger partial charge < -0.3 is 26.2 Å². The highest BCUT2D eigenvalue weighted by Crippen LogP contribution is 2.41. The summed E-state index contributed by atoms with van der Waals surface area (Å²) >= 11 is 0. The minimum absolute atomic E-state index is 0.123. The third-order valence-electron chi connectivity index (χ3n) is 6.98. The predicted octanol–water partition coefficient (Wildman–Crippen LogP) is 3.10. The number of amides is 1. The van der Waals surface area contributed by atoms with Crippen LogP contribution in [0.3, 0.4) is 0 Å². The zero-order valence-corrected chi connectivity index (χ0v) is 18.2. The van der Waals surface area contributed by atoms with Gasteiger partial charge in [-0.25, -0.2) is 0 Å². The number of piperidine rings is 1. The zero-order valence-electron chi connectivity index (χ0n) is 18.2. The van der Waals surface area contributed by atoms with Crippen molar-refractivity contribution < 1.29 is 4.79 Å². The highest BCUT2D eigenvalue weighted by Gasteiger charge is 2.45. The second-order valence-electron chi connectivity index (χ2n) is 9.01. The fourth-order valence-corrected chi connectivity index (χ4v) is 5.21. The number of nitrogens with zero attached hydrogens (tertiary/aromatic N) is 1. The Kier molecular flexibility index (Phi) is 5.69. The molecule has 0 aliphatic carbocycles. The molecule has 0 spiro atoms. The minimum Gasteiger partial charge on any atom is -0.627 e. The monoisotopic (exact) mass is 430 g/mol. The van der Waals surface area contributed by atoms with Crippen molar-refractivity contribution in [3.63, 3.8) is 0 Å². The molecule has 3 aromatic carbocycles. The van der Waals surface area contributed by atoms with E-state index in [2.05, 4.69) is 22.8 Å². The normalized spacial score (nSPS) is 23.2. The summed E-state index contributed by atoms with van der Waals surface area (Å²) in [6.07, 6.45) is 2.24. The largest absolute Gasteiger partial charge is 0.627 e. The van der Waals surface area contributed by atoms with Crippen molar-refractivity contribution in [2.24, 2.45) is 5.73 Å². The number of rotatable bonds is 5. The Bertz CT molecular complexity index is 1140. The first-order valence-corrected chi connectivity index (χ1v) is 11.5. The highest BCUT2D eigenvalue weighted by molar-refractivity contribution is 5.89. The van der Waals surface area contributed by atoms with Crippen LogP contribution in [-0.4, -0.2) is 31.1 Å². The van der Waals surface area contributed by atoms with Crippen molar-refractivity contribution in [2.75, 3.05) is 13.1 Å². The number of nitrogens with two attached hydrogens (primary N) is 1. The first-order chi connectivity index (χ1) is 15.6. The Balaban J connectivity index is 1.53. The van der Waals surface area contributed by atoms with Crippen LogP contribution in [0.5, 0.6) is 0 Å². The fraction of sp³-hybridized carbons (Fsp3) is 0.346. The molecule has 1 saturated heterocycles. The molecule has 32 heavy (non-hydrogen) atoms. The van der Waals surface area contributed by atoms with E-state index in [-0.39, 0.29) is 18.5 Å². The average Bonchev–Trinajstić information content (AvgIpc) is 3.11. The van der Waals surface area contributed by atoms with Crippen LogP contribution in [0.2, 0.25) is 0 Å². The maximum Gasteiger partial charge on any atom is 0.279 e. The molecule has 166 valence electrons. The predicted molar refractivity (Wildman–Crippen MR) is 129 cm³/mol.